The van der Waals surface area contributed by atoms with Gasteiger partial charge >= 0.3 is 0 Å². The summed E-state index contributed by atoms with van der Waals surface area (Å²) >= 11 is 1.48. The minimum Gasteiger partial charge on any atom is -0.493 e. The summed E-state index contributed by atoms with van der Waals surface area (Å²) in [5.74, 6) is 0.854. The monoisotopic (exact) mass is 379 g/mol. The molecule has 1 heterocycles. The van der Waals surface area contributed by atoms with Crippen LogP contribution in [0.15, 0.2) is 64.6 Å². The number of fused-ring (bicyclic) bond motifs is 1. The summed E-state index contributed by atoms with van der Waals surface area (Å²) in [4.78, 5) is 17.7. The third-order valence-corrected chi connectivity index (χ3v) is 4.83. The second-order valence-electron chi connectivity index (χ2n) is 5.83. The molecule has 27 heavy (non-hydrogen) atoms. The Hall–Kier alpha value is -2.86. The van der Waals surface area contributed by atoms with Gasteiger partial charge in [0, 0.05) is 21.5 Å². The molecule has 0 unspecified atom stereocenters. The van der Waals surface area contributed by atoms with E-state index in [1.54, 1.807) is 6.21 Å². The van der Waals surface area contributed by atoms with Crippen LogP contribution in [0.2, 0.25) is 0 Å². The van der Waals surface area contributed by atoms with E-state index in [2.05, 4.69) is 15.5 Å². The third-order valence-electron chi connectivity index (χ3n) is 3.78. The minimum atomic E-state index is -0.163. The Labute approximate surface area is 162 Å². The molecule has 0 saturated heterocycles. The molecule has 0 radical (unpaired) electrons. The zero-order chi connectivity index (χ0) is 19.1. The fourth-order valence-electron chi connectivity index (χ4n) is 2.61. The van der Waals surface area contributed by atoms with E-state index >= 15 is 0 Å². The van der Waals surface area contributed by atoms with Crippen LogP contribution in [0.25, 0.3) is 10.9 Å². The number of ether oxygens (including phenoxy) is 1. The van der Waals surface area contributed by atoms with Gasteiger partial charge in [-0.2, -0.15) is 5.10 Å². The van der Waals surface area contributed by atoms with Crippen LogP contribution in [-0.4, -0.2) is 29.5 Å². The fraction of sp³-hybridized carbons (Fsp3) is 0.190. The Morgan fingerprint density at radius 1 is 1.22 bits per heavy atom. The van der Waals surface area contributed by atoms with Gasteiger partial charge < -0.3 is 4.74 Å². The Balaban J connectivity index is 1.61. The largest absolute Gasteiger partial charge is 0.493 e. The number of nitrogens with zero attached hydrogens (tertiary/aromatic N) is 2. The Morgan fingerprint density at radius 2 is 2.00 bits per heavy atom. The summed E-state index contributed by atoms with van der Waals surface area (Å²) in [6.07, 6.45) is 1.60. The van der Waals surface area contributed by atoms with Crippen LogP contribution < -0.4 is 10.2 Å². The van der Waals surface area contributed by atoms with Crippen LogP contribution in [0, 0.1) is 6.92 Å². The maximum Gasteiger partial charge on any atom is 0.250 e. The maximum absolute atomic E-state index is 12.1. The molecule has 0 atom stereocenters. The van der Waals surface area contributed by atoms with Gasteiger partial charge in [-0.15, -0.1) is 11.8 Å². The number of hydrogen-bond donors (Lipinski definition) is 1. The highest BCUT2D eigenvalue weighted by Crippen LogP contribution is 2.27. The molecule has 0 saturated carbocycles. The van der Waals surface area contributed by atoms with Crippen LogP contribution in [-0.2, 0) is 4.79 Å². The fourth-order valence-corrected chi connectivity index (χ4v) is 3.55. The van der Waals surface area contributed by atoms with Gasteiger partial charge in [0.15, 0.2) is 0 Å². The highest BCUT2D eigenvalue weighted by Gasteiger charge is 2.07. The molecule has 0 aliphatic carbocycles. The quantitative estimate of drug-likeness (QED) is 0.380. The lowest BCUT2D eigenvalue weighted by Gasteiger charge is -2.07. The number of para-hydroxylation sites is 2. The molecule has 1 amide bonds. The van der Waals surface area contributed by atoms with Gasteiger partial charge in [0.1, 0.15) is 5.75 Å². The van der Waals surface area contributed by atoms with Crippen molar-refractivity contribution in [2.24, 2.45) is 5.10 Å². The van der Waals surface area contributed by atoms with E-state index in [0.717, 1.165) is 32.8 Å². The molecule has 6 heteroatoms. The average Bonchev–Trinajstić information content (AvgIpc) is 2.67. The lowest BCUT2D eigenvalue weighted by Crippen LogP contribution is -2.19. The van der Waals surface area contributed by atoms with Crippen LogP contribution >= 0.6 is 11.8 Å². The summed E-state index contributed by atoms with van der Waals surface area (Å²) in [6.45, 7) is 4.46. The Kier molecular flexibility index (Phi) is 6.44. The van der Waals surface area contributed by atoms with Crippen molar-refractivity contribution in [1.82, 2.24) is 10.4 Å². The zero-order valence-electron chi connectivity index (χ0n) is 15.3. The summed E-state index contributed by atoms with van der Waals surface area (Å²) in [5.41, 5.74) is 5.26. The molecule has 0 spiro atoms. The molecule has 0 aliphatic heterocycles. The predicted octanol–water partition coefficient (Wildman–Crippen LogP) is 4.18. The van der Waals surface area contributed by atoms with Gasteiger partial charge in [-0.25, -0.2) is 5.43 Å². The van der Waals surface area contributed by atoms with Crippen molar-refractivity contribution in [3.63, 3.8) is 0 Å². The first-order valence-corrected chi connectivity index (χ1v) is 9.69. The number of aryl methyl sites for hydroxylation is 1. The molecule has 138 valence electrons. The van der Waals surface area contributed by atoms with Crippen LogP contribution in [0.3, 0.4) is 0 Å². The number of pyridine rings is 1. The molecule has 5 nitrogen and oxygen atoms in total. The number of benzene rings is 2. The second-order valence-corrected chi connectivity index (χ2v) is 6.85. The first kappa shape index (κ1) is 18.9. The number of amides is 1. The molecule has 1 N–H and O–H groups in total. The SMILES string of the molecule is CCOc1ccccc1/C=N/NC(=O)CSc1cc(C)nc2ccccc12. The van der Waals surface area contributed by atoms with Gasteiger partial charge in [0.2, 0.25) is 5.91 Å². The van der Waals surface area contributed by atoms with E-state index in [-0.39, 0.29) is 11.7 Å². The second kappa shape index (κ2) is 9.19. The number of rotatable bonds is 7. The number of hydrogen-bond acceptors (Lipinski definition) is 5. The molecule has 0 bridgehead atoms. The number of thioether (sulfide) groups is 1. The van der Waals surface area contributed by atoms with Gasteiger partial charge in [-0.1, -0.05) is 30.3 Å². The smallest absolute Gasteiger partial charge is 0.250 e. The highest BCUT2D eigenvalue weighted by molar-refractivity contribution is 8.00. The first-order valence-electron chi connectivity index (χ1n) is 8.70. The van der Waals surface area contributed by atoms with Gasteiger partial charge in [-0.3, -0.25) is 9.78 Å². The van der Waals surface area contributed by atoms with Crippen LogP contribution in [0.5, 0.6) is 5.75 Å². The Bertz CT molecular complexity index is 973. The maximum atomic E-state index is 12.1. The van der Waals surface area contributed by atoms with Gasteiger partial charge in [-0.05, 0) is 38.1 Å². The number of carbonyl (C=O) groups is 1. The summed E-state index contributed by atoms with van der Waals surface area (Å²) in [7, 11) is 0. The Morgan fingerprint density at radius 3 is 2.85 bits per heavy atom. The molecule has 3 aromatic rings. The molecule has 2 aromatic carbocycles. The normalized spacial score (nSPS) is 11.0. The summed E-state index contributed by atoms with van der Waals surface area (Å²) in [5, 5.41) is 5.10. The minimum absolute atomic E-state index is 0.163. The van der Waals surface area contributed by atoms with Crippen molar-refractivity contribution in [2.45, 2.75) is 18.7 Å². The van der Waals surface area contributed by atoms with Crippen molar-refractivity contribution in [3.05, 3.63) is 65.9 Å². The van der Waals surface area contributed by atoms with E-state index in [9.17, 15) is 4.79 Å². The lowest BCUT2D eigenvalue weighted by atomic mass is 10.2. The highest BCUT2D eigenvalue weighted by atomic mass is 32.2. The third kappa shape index (κ3) is 5.08. The molecular weight excluding hydrogens is 358 g/mol. The molecular formula is C21H21N3O2S. The van der Waals surface area contributed by atoms with Crippen LogP contribution in [0.4, 0.5) is 0 Å². The van der Waals surface area contributed by atoms with Crippen molar-refractivity contribution in [3.8, 4) is 5.75 Å². The van der Waals surface area contributed by atoms with Crippen molar-refractivity contribution < 1.29 is 9.53 Å². The van der Waals surface area contributed by atoms with Gasteiger partial charge in [0.05, 0.1) is 24.1 Å². The van der Waals surface area contributed by atoms with E-state index in [1.807, 2.05) is 68.4 Å². The number of aromatic nitrogens is 1. The standard InChI is InChI=1S/C21H21N3O2S/c1-3-26-19-11-7-4-8-16(19)13-22-24-21(25)14-27-20-12-15(2)23-18-10-6-5-9-17(18)20/h4-13H,3,14H2,1-2H3,(H,24,25)/b22-13+. The molecule has 0 aliphatic rings. The topological polar surface area (TPSA) is 63.6 Å². The zero-order valence-corrected chi connectivity index (χ0v) is 16.1. The predicted molar refractivity (Wildman–Crippen MR) is 111 cm³/mol. The lowest BCUT2D eigenvalue weighted by molar-refractivity contribution is -0.118. The summed E-state index contributed by atoms with van der Waals surface area (Å²) in [6, 6.07) is 17.5. The van der Waals surface area contributed by atoms with Crippen LogP contribution in [0.1, 0.15) is 18.2 Å². The van der Waals surface area contributed by atoms with E-state index in [0.29, 0.717) is 6.61 Å². The van der Waals surface area contributed by atoms with E-state index in [1.165, 1.54) is 11.8 Å². The average molecular weight is 379 g/mol. The van der Waals surface area contributed by atoms with Gasteiger partial charge in [0.25, 0.3) is 0 Å². The number of nitrogens with one attached hydrogen (secondary N) is 1. The van der Waals surface area contributed by atoms with Crippen molar-refractivity contribution in [1.29, 1.82) is 0 Å². The summed E-state index contributed by atoms with van der Waals surface area (Å²) < 4.78 is 5.54. The molecule has 3 rings (SSSR count). The molecule has 0 fully saturated rings. The van der Waals surface area contributed by atoms with E-state index in [4.69, 9.17) is 4.74 Å². The first-order chi connectivity index (χ1) is 13.2. The van der Waals surface area contributed by atoms with Crippen molar-refractivity contribution >= 4 is 34.8 Å². The number of hydrazone groups is 1. The van der Waals surface area contributed by atoms with E-state index < -0.39 is 0 Å². The van der Waals surface area contributed by atoms with Crippen molar-refractivity contribution in [2.75, 3.05) is 12.4 Å². The molecule has 1 aromatic heterocycles. The number of carbonyl (C=O) groups excluding carboxylic acids is 1.